The van der Waals surface area contributed by atoms with Gasteiger partial charge in [-0.3, -0.25) is 0 Å². The molecule has 1 aromatic carbocycles. The van der Waals surface area contributed by atoms with Gasteiger partial charge >= 0.3 is 0 Å². The first-order valence-electron chi connectivity index (χ1n) is 6.47. The smallest absolute Gasteiger partial charge is 0.225 e. The van der Waals surface area contributed by atoms with Crippen molar-refractivity contribution in [1.82, 2.24) is 15.3 Å². The lowest BCUT2D eigenvalue weighted by Gasteiger charge is -2.27. The van der Waals surface area contributed by atoms with Crippen LogP contribution in [0.1, 0.15) is 0 Å². The van der Waals surface area contributed by atoms with E-state index in [0.717, 1.165) is 32.2 Å². The van der Waals surface area contributed by atoms with Crippen molar-refractivity contribution in [2.75, 3.05) is 31.1 Å². The molecule has 1 N–H and O–H groups in total. The molecule has 0 radical (unpaired) electrons. The van der Waals surface area contributed by atoms with Crippen molar-refractivity contribution in [2.45, 2.75) is 0 Å². The Balaban J connectivity index is 1.93. The van der Waals surface area contributed by atoms with Crippen molar-refractivity contribution in [3.8, 4) is 11.3 Å². The summed E-state index contributed by atoms with van der Waals surface area (Å²) < 4.78 is 26.5. The van der Waals surface area contributed by atoms with Gasteiger partial charge in [-0.2, -0.15) is 0 Å². The van der Waals surface area contributed by atoms with Gasteiger partial charge in [0.2, 0.25) is 5.95 Å². The topological polar surface area (TPSA) is 41.1 Å². The molecule has 2 heterocycles. The molecule has 2 aromatic rings. The minimum atomic E-state index is -0.609. The van der Waals surface area contributed by atoms with Gasteiger partial charge in [0.05, 0.1) is 5.69 Å². The molecule has 1 saturated heterocycles. The second kappa shape index (κ2) is 5.50. The molecule has 1 aromatic heterocycles. The maximum Gasteiger partial charge on any atom is 0.225 e. The fourth-order valence-electron chi connectivity index (χ4n) is 2.23. The van der Waals surface area contributed by atoms with Gasteiger partial charge in [0.1, 0.15) is 11.6 Å². The first kappa shape index (κ1) is 12.9. The molecule has 0 saturated carbocycles. The van der Waals surface area contributed by atoms with Crippen molar-refractivity contribution in [2.24, 2.45) is 0 Å². The summed E-state index contributed by atoms with van der Waals surface area (Å²) in [5, 5.41) is 3.25. The Bertz CT molecular complexity index is 592. The number of benzene rings is 1. The Labute approximate surface area is 115 Å². The molecule has 1 fully saturated rings. The van der Waals surface area contributed by atoms with Crippen LogP contribution >= 0.6 is 0 Å². The molecule has 6 heteroatoms. The maximum absolute atomic E-state index is 13.3. The number of hydrogen-bond donors (Lipinski definition) is 1. The highest BCUT2D eigenvalue weighted by Gasteiger charge is 2.14. The summed E-state index contributed by atoms with van der Waals surface area (Å²) in [6, 6.07) is 5.04. The lowest BCUT2D eigenvalue weighted by Crippen LogP contribution is -2.44. The summed E-state index contributed by atoms with van der Waals surface area (Å²) >= 11 is 0. The number of piperazine rings is 1. The Kier molecular flexibility index (Phi) is 3.56. The van der Waals surface area contributed by atoms with Gasteiger partial charge in [-0.05, 0) is 18.2 Å². The summed E-state index contributed by atoms with van der Waals surface area (Å²) in [4.78, 5) is 10.7. The monoisotopic (exact) mass is 276 g/mol. The summed E-state index contributed by atoms with van der Waals surface area (Å²) in [5.41, 5.74) is 0.938. The zero-order valence-corrected chi connectivity index (χ0v) is 10.8. The molecule has 1 aliphatic heterocycles. The Morgan fingerprint density at radius 1 is 1.05 bits per heavy atom. The number of rotatable bonds is 2. The number of halogens is 2. The van der Waals surface area contributed by atoms with E-state index < -0.39 is 11.6 Å². The van der Waals surface area contributed by atoms with Crippen LogP contribution in [0.2, 0.25) is 0 Å². The van der Waals surface area contributed by atoms with E-state index in [2.05, 4.69) is 20.2 Å². The average Bonchev–Trinajstić information content (AvgIpc) is 2.47. The molecular formula is C14H14F2N4. The number of hydrogen-bond acceptors (Lipinski definition) is 4. The summed E-state index contributed by atoms with van der Waals surface area (Å²) in [6.07, 6.45) is 1.61. The summed E-state index contributed by atoms with van der Waals surface area (Å²) in [7, 11) is 0. The number of nitrogens with zero attached hydrogens (tertiary/aromatic N) is 3. The predicted molar refractivity (Wildman–Crippen MR) is 72.5 cm³/mol. The van der Waals surface area contributed by atoms with Crippen LogP contribution in [0.15, 0.2) is 30.5 Å². The van der Waals surface area contributed by atoms with Crippen LogP contribution in [0.4, 0.5) is 14.7 Å². The van der Waals surface area contributed by atoms with E-state index in [1.807, 2.05) is 0 Å². The number of anilines is 1. The largest absolute Gasteiger partial charge is 0.338 e. The zero-order valence-electron chi connectivity index (χ0n) is 10.8. The quantitative estimate of drug-likeness (QED) is 0.908. The first-order valence-corrected chi connectivity index (χ1v) is 6.47. The molecule has 20 heavy (non-hydrogen) atoms. The first-order chi connectivity index (χ1) is 9.72. The van der Waals surface area contributed by atoms with E-state index in [0.29, 0.717) is 17.2 Å². The van der Waals surface area contributed by atoms with Gasteiger partial charge in [-0.1, -0.05) is 0 Å². The fourth-order valence-corrected chi connectivity index (χ4v) is 2.23. The normalized spacial score (nSPS) is 15.4. The van der Waals surface area contributed by atoms with Crippen molar-refractivity contribution < 1.29 is 8.78 Å². The van der Waals surface area contributed by atoms with Crippen LogP contribution in [0, 0.1) is 11.6 Å². The molecule has 1 aliphatic rings. The predicted octanol–water partition coefficient (Wildman–Crippen LogP) is 1.83. The van der Waals surface area contributed by atoms with Gasteiger partial charge < -0.3 is 10.2 Å². The molecule has 0 spiro atoms. The number of nitrogens with one attached hydrogen (secondary N) is 1. The van der Waals surface area contributed by atoms with E-state index in [9.17, 15) is 8.78 Å². The second-order valence-corrected chi connectivity index (χ2v) is 4.64. The lowest BCUT2D eigenvalue weighted by atomic mass is 10.1. The van der Waals surface area contributed by atoms with Crippen LogP contribution < -0.4 is 10.2 Å². The highest BCUT2D eigenvalue weighted by molar-refractivity contribution is 5.60. The average molecular weight is 276 g/mol. The van der Waals surface area contributed by atoms with Crippen molar-refractivity contribution >= 4 is 5.95 Å². The zero-order chi connectivity index (χ0) is 13.9. The van der Waals surface area contributed by atoms with Gasteiger partial charge in [-0.25, -0.2) is 18.7 Å². The third kappa shape index (κ3) is 2.75. The Morgan fingerprint density at radius 3 is 2.45 bits per heavy atom. The standard InChI is InChI=1S/C14H14F2N4/c15-11-7-10(8-12(16)9-11)13-1-2-18-14(19-13)20-5-3-17-4-6-20/h1-2,7-9,17H,3-6H2. The van der Waals surface area contributed by atoms with Crippen molar-refractivity contribution in [1.29, 1.82) is 0 Å². The fraction of sp³-hybridized carbons (Fsp3) is 0.286. The maximum atomic E-state index is 13.3. The van der Waals surface area contributed by atoms with E-state index in [-0.39, 0.29) is 0 Å². The minimum Gasteiger partial charge on any atom is -0.338 e. The highest BCUT2D eigenvalue weighted by Crippen LogP contribution is 2.21. The van der Waals surface area contributed by atoms with Crippen LogP contribution in [0.25, 0.3) is 11.3 Å². The molecule has 4 nitrogen and oxygen atoms in total. The van der Waals surface area contributed by atoms with Gasteiger partial charge in [0, 0.05) is 44.0 Å². The molecule has 0 atom stereocenters. The third-order valence-electron chi connectivity index (χ3n) is 3.20. The van der Waals surface area contributed by atoms with Crippen LogP contribution in [-0.4, -0.2) is 36.1 Å². The van der Waals surface area contributed by atoms with Crippen molar-refractivity contribution in [3.05, 3.63) is 42.1 Å². The van der Waals surface area contributed by atoms with E-state index >= 15 is 0 Å². The Hall–Kier alpha value is -2.08. The molecule has 0 bridgehead atoms. The van der Waals surface area contributed by atoms with Crippen molar-refractivity contribution in [3.63, 3.8) is 0 Å². The van der Waals surface area contributed by atoms with E-state index in [1.165, 1.54) is 12.1 Å². The SMILES string of the molecule is Fc1cc(F)cc(-c2ccnc(N3CCNCC3)n2)c1. The van der Waals surface area contributed by atoms with E-state index in [1.54, 1.807) is 12.3 Å². The number of aromatic nitrogens is 2. The third-order valence-corrected chi connectivity index (χ3v) is 3.20. The molecular weight excluding hydrogens is 262 g/mol. The second-order valence-electron chi connectivity index (χ2n) is 4.64. The van der Waals surface area contributed by atoms with Crippen LogP contribution in [0.3, 0.4) is 0 Å². The Morgan fingerprint density at radius 2 is 1.75 bits per heavy atom. The molecule has 0 aliphatic carbocycles. The minimum absolute atomic E-state index is 0.418. The van der Waals surface area contributed by atoms with E-state index in [4.69, 9.17) is 0 Å². The van der Waals surface area contributed by atoms with Gasteiger partial charge in [0.15, 0.2) is 0 Å². The lowest BCUT2D eigenvalue weighted by molar-refractivity contribution is 0.579. The molecule has 104 valence electrons. The van der Waals surface area contributed by atoms with Crippen LogP contribution in [-0.2, 0) is 0 Å². The molecule has 0 amide bonds. The molecule has 3 rings (SSSR count). The van der Waals surface area contributed by atoms with Crippen LogP contribution in [0.5, 0.6) is 0 Å². The van der Waals surface area contributed by atoms with Gasteiger partial charge in [0.25, 0.3) is 0 Å². The highest BCUT2D eigenvalue weighted by atomic mass is 19.1. The molecule has 0 unspecified atom stereocenters. The van der Waals surface area contributed by atoms with Gasteiger partial charge in [-0.15, -0.1) is 0 Å². The summed E-state index contributed by atoms with van der Waals surface area (Å²) in [6.45, 7) is 3.40. The summed E-state index contributed by atoms with van der Waals surface area (Å²) in [5.74, 6) is -0.627.